The minimum absolute atomic E-state index is 0.0362. The van der Waals surface area contributed by atoms with Crippen molar-refractivity contribution in [3.05, 3.63) is 35.5 Å². The Morgan fingerprint density at radius 2 is 2.17 bits per heavy atom. The van der Waals surface area contributed by atoms with Gasteiger partial charge in [-0.25, -0.2) is 0 Å². The van der Waals surface area contributed by atoms with E-state index in [1.807, 2.05) is 18.2 Å². The van der Waals surface area contributed by atoms with E-state index in [4.69, 9.17) is 17.3 Å². The largest absolute Gasteiger partial charge is 0.388 e. The summed E-state index contributed by atoms with van der Waals surface area (Å²) in [7, 11) is 0. The van der Waals surface area contributed by atoms with E-state index in [1.165, 1.54) is 0 Å². The van der Waals surface area contributed by atoms with Crippen LogP contribution in [-0.4, -0.2) is 45.7 Å². The van der Waals surface area contributed by atoms with E-state index in [-0.39, 0.29) is 6.42 Å². The summed E-state index contributed by atoms with van der Waals surface area (Å²) in [6.07, 6.45) is 3.61. The van der Waals surface area contributed by atoms with Crippen LogP contribution in [0.2, 0.25) is 5.02 Å². The summed E-state index contributed by atoms with van der Waals surface area (Å²) in [5.74, 6) is -0.442. The van der Waals surface area contributed by atoms with Crippen molar-refractivity contribution in [1.82, 2.24) is 9.47 Å². The van der Waals surface area contributed by atoms with Crippen molar-refractivity contribution in [1.29, 1.82) is 0 Å². The van der Waals surface area contributed by atoms with Gasteiger partial charge in [-0.1, -0.05) is 11.6 Å². The van der Waals surface area contributed by atoms with Crippen molar-refractivity contribution < 1.29 is 9.90 Å². The van der Waals surface area contributed by atoms with E-state index >= 15 is 0 Å². The van der Waals surface area contributed by atoms with E-state index in [0.717, 1.165) is 42.0 Å². The first-order chi connectivity index (χ1) is 11.0. The van der Waals surface area contributed by atoms with E-state index in [2.05, 4.69) is 21.7 Å². The number of aromatic nitrogens is 1. The van der Waals surface area contributed by atoms with Crippen molar-refractivity contribution in [2.24, 2.45) is 5.73 Å². The molecule has 6 heteroatoms. The number of β-amino-alcohol motifs (C(OH)–C–C–N with tert-alkyl or cyclic N) is 1. The van der Waals surface area contributed by atoms with Gasteiger partial charge < -0.3 is 15.4 Å². The van der Waals surface area contributed by atoms with E-state index in [0.29, 0.717) is 13.0 Å². The van der Waals surface area contributed by atoms with Gasteiger partial charge in [-0.2, -0.15) is 0 Å². The van der Waals surface area contributed by atoms with Gasteiger partial charge >= 0.3 is 0 Å². The molecule has 0 saturated carbocycles. The number of amides is 1. The number of carbonyl (C=O) groups is 1. The van der Waals surface area contributed by atoms with Gasteiger partial charge in [0, 0.05) is 41.8 Å². The number of carbonyl (C=O) groups excluding carboxylic acids is 1. The molecule has 3 rings (SSSR count). The van der Waals surface area contributed by atoms with E-state index in [9.17, 15) is 9.90 Å². The van der Waals surface area contributed by atoms with Crippen LogP contribution in [0.1, 0.15) is 19.3 Å². The van der Waals surface area contributed by atoms with Crippen LogP contribution < -0.4 is 5.73 Å². The average molecular weight is 336 g/mol. The molecule has 23 heavy (non-hydrogen) atoms. The van der Waals surface area contributed by atoms with Crippen LogP contribution in [0.5, 0.6) is 0 Å². The molecule has 5 nitrogen and oxygen atoms in total. The van der Waals surface area contributed by atoms with Gasteiger partial charge in [0.2, 0.25) is 5.91 Å². The second-order valence-electron chi connectivity index (χ2n) is 6.46. The minimum Gasteiger partial charge on any atom is -0.388 e. The highest BCUT2D eigenvalue weighted by Gasteiger charge is 2.34. The van der Waals surface area contributed by atoms with Crippen molar-refractivity contribution in [3.63, 3.8) is 0 Å². The second-order valence-corrected chi connectivity index (χ2v) is 6.90. The summed E-state index contributed by atoms with van der Waals surface area (Å²) >= 11 is 6.02. The Bertz CT molecular complexity index is 715. The van der Waals surface area contributed by atoms with Gasteiger partial charge in [0.15, 0.2) is 0 Å². The number of primary amides is 1. The topological polar surface area (TPSA) is 71.5 Å². The molecule has 1 aromatic carbocycles. The Hall–Kier alpha value is -1.56. The third-order valence-corrected chi connectivity index (χ3v) is 4.76. The molecule has 124 valence electrons. The number of nitrogens with zero attached hydrogens (tertiary/aromatic N) is 2. The zero-order valence-electron chi connectivity index (χ0n) is 13.0. The van der Waals surface area contributed by atoms with Crippen LogP contribution in [0.3, 0.4) is 0 Å². The lowest BCUT2D eigenvalue weighted by Gasteiger charge is -2.38. The smallest absolute Gasteiger partial charge is 0.220 e. The Kier molecular flexibility index (Phi) is 4.62. The highest BCUT2D eigenvalue weighted by atomic mass is 35.5. The third kappa shape index (κ3) is 3.86. The summed E-state index contributed by atoms with van der Waals surface area (Å²) in [5, 5.41) is 12.4. The number of halogens is 1. The molecule has 1 fully saturated rings. The van der Waals surface area contributed by atoms with Gasteiger partial charge in [-0.15, -0.1) is 0 Å². The molecule has 2 heterocycles. The molecule has 1 atom stereocenters. The number of aliphatic hydroxyl groups is 1. The minimum atomic E-state index is -0.976. The number of nitrogens with two attached hydrogens (primary N) is 1. The molecule has 1 aliphatic heterocycles. The predicted molar refractivity (Wildman–Crippen MR) is 91.4 cm³/mol. The van der Waals surface area contributed by atoms with Crippen molar-refractivity contribution in [3.8, 4) is 0 Å². The molecule has 1 unspecified atom stereocenters. The van der Waals surface area contributed by atoms with Gasteiger partial charge in [-0.3, -0.25) is 9.69 Å². The molecule has 0 spiro atoms. The number of benzene rings is 1. The predicted octanol–water partition coefficient (Wildman–Crippen LogP) is 2.00. The summed E-state index contributed by atoms with van der Waals surface area (Å²) in [4.78, 5) is 13.3. The van der Waals surface area contributed by atoms with Gasteiger partial charge in [0.05, 0.1) is 12.0 Å². The fourth-order valence-electron chi connectivity index (χ4n) is 3.48. The summed E-state index contributed by atoms with van der Waals surface area (Å²) in [6, 6.07) is 7.94. The van der Waals surface area contributed by atoms with Crippen molar-refractivity contribution >= 4 is 28.4 Å². The lowest BCUT2D eigenvalue weighted by atomic mass is 9.89. The molecule has 2 aromatic rings. The Morgan fingerprint density at radius 1 is 1.35 bits per heavy atom. The maximum atomic E-state index is 11.1. The average Bonchev–Trinajstić information content (AvgIpc) is 2.86. The number of piperidine rings is 1. The Labute approximate surface area is 140 Å². The van der Waals surface area contributed by atoms with E-state index < -0.39 is 11.5 Å². The molecule has 3 N–H and O–H groups in total. The van der Waals surface area contributed by atoms with Gasteiger partial charge in [0.1, 0.15) is 0 Å². The fraction of sp³-hybridized carbons (Fsp3) is 0.471. The number of fused-ring (bicyclic) bond motifs is 1. The van der Waals surface area contributed by atoms with Crippen LogP contribution in [0.25, 0.3) is 10.9 Å². The summed E-state index contributed by atoms with van der Waals surface area (Å²) in [5.41, 5.74) is 5.42. The number of rotatable bonds is 5. The van der Waals surface area contributed by atoms with Crippen molar-refractivity contribution in [2.75, 3.05) is 19.6 Å². The Morgan fingerprint density at radius 3 is 2.96 bits per heavy atom. The highest BCUT2D eigenvalue weighted by Crippen LogP contribution is 2.25. The lowest BCUT2D eigenvalue weighted by Crippen LogP contribution is -2.50. The highest BCUT2D eigenvalue weighted by molar-refractivity contribution is 6.31. The quantitative estimate of drug-likeness (QED) is 0.878. The first kappa shape index (κ1) is 16.3. The number of hydrogen-bond donors (Lipinski definition) is 2. The molecular formula is C17H22ClN3O2. The molecule has 1 aromatic heterocycles. The van der Waals surface area contributed by atoms with Crippen LogP contribution in [-0.2, 0) is 11.3 Å². The number of likely N-dealkylation sites (tertiary alicyclic amines) is 1. The molecular weight excluding hydrogens is 314 g/mol. The fourth-order valence-corrected chi connectivity index (χ4v) is 3.66. The standard InChI is InChI=1S/C17H22ClN3O2/c18-14-2-3-15-13(10-14)4-7-21(15)9-8-20-6-1-5-17(23,12-20)11-16(19)22/h2-4,7,10,23H,1,5-6,8-9,11-12H2,(H2,19,22). The molecule has 0 aliphatic carbocycles. The third-order valence-electron chi connectivity index (χ3n) is 4.53. The van der Waals surface area contributed by atoms with Crippen LogP contribution >= 0.6 is 11.6 Å². The maximum absolute atomic E-state index is 11.1. The molecule has 0 bridgehead atoms. The maximum Gasteiger partial charge on any atom is 0.220 e. The Balaban J connectivity index is 1.64. The van der Waals surface area contributed by atoms with Crippen molar-refractivity contribution in [2.45, 2.75) is 31.4 Å². The summed E-state index contributed by atoms with van der Waals surface area (Å²) < 4.78 is 2.19. The molecule has 1 saturated heterocycles. The van der Waals surface area contributed by atoms with Crippen LogP contribution in [0.15, 0.2) is 30.5 Å². The molecule has 0 radical (unpaired) electrons. The first-order valence-corrected chi connectivity index (χ1v) is 8.30. The van der Waals surface area contributed by atoms with Crippen LogP contribution in [0, 0.1) is 0 Å². The van der Waals surface area contributed by atoms with E-state index in [1.54, 1.807) is 0 Å². The zero-order valence-corrected chi connectivity index (χ0v) is 13.8. The zero-order chi connectivity index (χ0) is 16.4. The second kappa shape index (κ2) is 6.51. The van der Waals surface area contributed by atoms with Gasteiger partial charge in [-0.05, 0) is 43.7 Å². The molecule has 1 aliphatic rings. The van der Waals surface area contributed by atoms with Crippen LogP contribution in [0.4, 0.5) is 0 Å². The molecule has 1 amide bonds. The van der Waals surface area contributed by atoms with Gasteiger partial charge in [0.25, 0.3) is 0 Å². The SMILES string of the molecule is NC(=O)CC1(O)CCCN(CCn2ccc3cc(Cl)ccc32)C1. The lowest BCUT2D eigenvalue weighted by molar-refractivity contribution is -0.125. The monoisotopic (exact) mass is 335 g/mol. The normalized spacial score (nSPS) is 22.5. The number of hydrogen-bond acceptors (Lipinski definition) is 3. The summed E-state index contributed by atoms with van der Waals surface area (Å²) in [6.45, 7) is 3.10. The first-order valence-electron chi connectivity index (χ1n) is 7.93.